The van der Waals surface area contributed by atoms with E-state index >= 15 is 0 Å². The zero-order valence-corrected chi connectivity index (χ0v) is 11.6. The van der Waals surface area contributed by atoms with Crippen LogP contribution in [0.4, 0.5) is 5.69 Å². The van der Waals surface area contributed by atoms with Crippen LogP contribution in [0, 0.1) is 5.92 Å². The highest BCUT2D eigenvalue weighted by atomic mass is 35.5. The second-order valence-electron chi connectivity index (χ2n) is 5.01. The van der Waals surface area contributed by atoms with Gasteiger partial charge in [-0.2, -0.15) is 0 Å². The number of carbonyl (C=O) groups is 2. The molecule has 1 fully saturated rings. The normalized spacial score (nSPS) is 23.2. The number of nitrogens with zero attached hydrogens (tertiary/aromatic N) is 1. The first kappa shape index (κ1) is 13.9. The van der Waals surface area contributed by atoms with Crippen molar-refractivity contribution in [1.29, 1.82) is 0 Å². The number of hydrogen-bond donors (Lipinski definition) is 1. The van der Waals surface area contributed by atoms with E-state index in [9.17, 15) is 9.59 Å². The molecule has 0 aliphatic carbocycles. The number of piperidine rings is 1. The molecule has 2 atom stereocenters. The molecular formula is C14H17ClN2O2. The number of amides is 1. The molecule has 0 bridgehead atoms. The van der Waals surface area contributed by atoms with Crippen molar-refractivity contribution in [3.05, 3.63) is 28.8 Å². The lowest BCUT2D eigenvalue weighted by molar-refractivity contribution is -0.122. The highest BCUT2D eigenvalue weighted by molar-refractivity contribution is 6.33. The molecule has 1 aromatic rings. The van der Waals surface area contributed by atoms with Crippen LogP contribution in [0.1, 0.15) is 30.1 Å². The second kappa shape index (κ2) is 5.61. The third kappa shape index (κ3) is 2.89. The van der Waals surface area contributed by atoms with Gasteiger partial charge >= 0.3 is 0 Å². The van der Waals surface area contributed by atoms with E-state index in [-0.39, 0.29) is 11.8 Å². The van der Waals surface area contributed by atoms with Gasteiger partial charge in [-0.3, -0.25) is 9.59 Å². The number of carbonyl (C=O) groups excluding carboxylic acids is 2. The lowest BCUT2D eigenvalue weighted by Crippen LogP contribution is -2.46. The van der Waals surface area contributed by atoms with E-state index in [1.54, 1.807) is 12.1 Å². The third-order valence-corrected chi connectivity index (χ3v) is 4.00. The van der Waals surface area contributed by atoms with Crippen LogP contribution in [0.5, 0.6) is 0 Å². The fourth-order valence-electron chi connectivity index (χ4n) is 2.50. The van der Waals surface area contributed by atoms with Crippen LogP contribution in [-0.4, -0.2) is 24.8 Å². The largest absolute Gasteiger partial charge is 0.369 e. The summed E-state index contributed by atoms with van der Waals surface area (Å²) in [5.41, 5.74) is 6.79. The lowest BCUT2D eigenvalue weighted by Gasteiger charge is -2.39. The first-order valence-electron chi connectivity index (χ1n) is 6.33. The summed E-state index contributed by atoms with van der Waals surface area (Å²) in [7, 11) is 0. The standard InChI is InChI=1S/C14H17ClN2O2/c1-9-2-4-11(14(16)19)7-17(9)13-5-3-10(8-18)6-12(13)15/h3,5-6,8-9,11H,2,4,7H2,1H3,(H2,16,19). The molecule has 4 nitrogen and oxygen atoms in total. The molecule has 2 unspecified atom stereocenters. The van der Waals surface area contributed by atoms with Gasteiger partial charge in [0.15, 0.2) is 0 Å². The number of aldehydes is 1. The van der Waals surface area contributed by atoms with E-state index < -0.39 is 0 Å². The van der Waals surface area contributed by atoms with Crippen LogP contribution in [0.15, 0.2) is 18.2 Å². The van der Waals surface area contributed by atoms with Gasteiger partial charge in [-0.15, -0.1) is 0 Å². The molecule has 19 heavy (non-hydrogen) atoms. The predicted molar refractivity (Wildman–Crippen MR) is 75.6 cm³/mol. The van der Waals surface area contributed by atoms with Gasteiger partial charge in [-0.1, -0.05) is 11.6 Å². The fraction of sp³-hybridized carbons (Fsp3) is 0.429. The Morgan fingerprint density at radius 3 is 2.79 bits per heavy atom. The summed E-state index contributed by atoms with van der Waals surface area (Å²) in [4.78, 5) is 24.2. The molecule has 1 aliphatic rings. The fourth-order valence-corrected chi connectivity index (χ4v) is 2.80. The molecule has 2 N–H and O–H groups in total. The third-order valence-electron chi connectivity index (χ3n) is 3.70. The molecule has 0 spiro atoms. The Hall–Kier alpha value is -1.55. The molecule has 1 aliphatic heterocycles. The molecule has 1 aromatic carbocycles. The van der Waals surface area contributed by atoms with E-state index in [0.717, 1.165) is 24.8 Å². The van der Waals surface area contributed by atoms with Crippen LogP contribution >= 0.6 is 11.6 Å². The maximum Gasteiger partial charge on any atom is 0.222 e. The van der Waals surface area contributed by atoms with Crippen molar-refractivity contribution in [3.8, 4) is 0 Å². The topological polar surface area (TPSA) is 63.4 Å². The van der Waals surface area contributed by atoms with E-state index in [2.05, 4.69) is 11.8 Å². The van der Waals surface area contributed by atoms with Crippen molar-refractivity contribution in [1.82, 2.24) is 0 Å². The predicted octanol–water partition coefficient (Wildman–Crippen LogP) is 2.24. The van der Waals surface area contributed by atoms with Gasteiger partial charge < -0.3 is 10.6 Å². The number of anilines is 1. The zero-order chi connectivity index (χ0) is 14.0. The van der Waals surface area contributed by atoms with Crippen molar-refractivity contribution in [2.45, 2.75) is 25.8 Å². The highest BCUT2D eigenvalue weighted by Gasteiger charge is 2.29. The molecule has 5 heteroatoms. The maximum absolute atomic E-state index is 11.3. The molecule has 0 saturated carbocycles. The van der Waals surface area contributed by atoms with Crippen LogP contribution < -0.4 is 10.6 Å². The number of rotatable bonds is 3. The number of halogens is 1. The number of primary amides is 1. The van der Waals surface area contributed by atoms with E-state index in [1.165, 1.54) is 0 Å². The maximum atomic E-state index is 11.3. The molecule has 1 saturated heterocycles. The summed E-state index contributed by atoms with van der Waals surface area (Å²) in [6.45, 7) is 2.68. The number of nitrogens with two attached hydrogens (primary N) is 1. The monoisotopic (exact) mass is 280 g/mol. The summed E-state index contributed by atoms with van der Waals surface area (Å²) in [5.74, 6) is -0.407. The zero-order valence-electron chi connectivity index (χ0n) is 10.8. The van der Waals surface area contributed by atoms with Crippen molar-refractivity contribution in [2.24, 2.45) is 11.7 Å². The van der Waals surface area contributed by atoms with Crippen molar-refractivity contribution in [3.63, 3.8) is 0 Å². The Bertz CT molecular complexity index is 504. The van der Waals surface area contributed by atoms with Crippen LogP contribution in [0.25, 0.3) is 0 Å². The minimum Gasteiger partial charge on any atom is -0.369 e. The molecule has 1 amide bonds. The van der Waals surface area contributed by atoms with E-state index in [0.29, 0.717) is 23.2 Å². The smallest absolute Gasteiger partial charge is 0.222 e. The Morgan fingerprint density at radius 2 is 2.21 bits per heavy atom. The van der Waals surface area contributed by atoms with Gasteiger partial charge in [-0.05, 0) is 38.0 Å². The minimum absolute atomic E-state index is 0.141. The highest BCUT2D eigenvalue weighted by Crippen LogP contribution is 2.33. The van der Waals surface area contributed by atoms with Gasteiger partial charge in [0.2, 0.25) is 5.91 Å². The molecule has 102 valence electrons. The first-order valence-corrected chi connectivity index (χ1v) is 6.71. The SMILES string of the molecule is CC1CCC(C(N)=O)CN1c1ccc(C=O)cc1Cl. The van der Waals surface area contributed by atoms with Crippen LogP contribution in [-0.2, 0) is 4.79 Å². The van der Waals surface area contributed by atoms with Crippen molar-refractivity contribution < 1.29 is 9.59 Å². The van der Waals surface area contributed by atoms with Crippen molar-refractivity contribution in [2.75, 3.05) is 11.4 Å². The van der Waals surface area contributed by atoms with E-state index in [4.69, 9.17) is 17.3 Å². The van der Waals surface area contributed by atoms with Gasteiger partial charge in [0.1, 0.15) is 6.29 Å². The Labute approximate surface area is 117 Å². The first-order chi connectivity index (χ1) is 9.02. The Balaban J connectivity index is 2.28. The molecule has 0 radical (unpaired) electrons. The molecular weight excluding hydrogens is 264 g/mol. The lowest BCUT2D eigenvalue weighted by atomic mass is 9.92. The van der Waals surface area contributed by atoms with E-state index in [1.807, 2.05) is 6.07 Å². The average Bonchev–Trinajstić information content (AvgIpc) is 2.39. The summed E-state index contributed by atoms with van der Waals surface area (Å²) >= 11 is 6.22. The van der Waals surface area contributed by atoms with Gasteiger partial charge in [0, 0.05) is 18.2 Å². The second-order valence-corrected chi connectivity index (χ2v) is 5.41. The minimum atomic E-state index is -0.266. The molecule has 2 rings (SSSR count). The van der Waals surface area contributed by atoms with Gasteiger partial charge in [-0.25, -0.2) is 0 Å². The number of hydrogen-bond acceptors (Lipinski definition) is 3. The number of benzene rings is 1. The summed E-state index contributed by atoms with van der Waals surface area (Å²) in [5, 5.41) is 0.529. The van der Waals surface area contributed by atoms with Crippen LogP contribution in [0.2, 0.25) is 5.02 Å². The summed E-state index contributed by atoms with van der Waals surface area (Å²) < 4.78 is 0. The quantitative estimate of drug-likeness (QED) is 0.864. The Kier molecular flexibility index (Phi) is 4.10. The van der Waals surface area contributed by atoms with Gasteiger partial charge in [0.05, 0.1) is 16.6 Å². The molecule has 0 aromatic heterocycles. The van der Waals surface area contributed by atoms with Gasteiger partial charge in [0.25, 0.3) is 0 Å². The molecule has 1 heterocycles. The van der Waals surface area contributed by atoms with Crippen LogP contribution in [0.3, 0.4) is 0 Å². The average molecular weight is 281 g/mol. The van der Waals surface area contributed by atoms with Crippen molar-refractivity contribution >= 4 is 29.5 Å². The Morgan fingerprint density at radius 1 is 1.47 bits per heavy atom. The summed E-state index contributed by atoms with van der Waals surface area (Å²) in [6.07, 6.45) is 2.48. The summed E-state index contributed by atoms with van der Waals surface area (Å²) in [6, 6.07) is 5.50.